The number of amides is 1. The van der Waals surface area contributed by atoms with Crippen molar-refractivity contribution in [2.45, 2.75) is 64.9 Å². The Morgan fingerprint density at radius 2 is 1.74 bits per heavy atom. The quantitative estimate of drug-likeness (QED) is 0.816. The van der Waals surface area contributed by atoms with Crippen LogP contribution in [0.5, 0.6) is 0 Å². The van der Waals surface area contributed by atoms with Crippen LogP contribution in [0.15, 0.2) is 0 Å². The summed E-state index contributed by atoms with van der Waals surface area (Å²) in [5, 5.41) is 4.74. The molecule has 0 heterocycles. The highest BCUT2D eigenvalue weighted by atomic mass is 19.4. The first kappa shape index (κ1) is 18.0. The molecule has 0 rings (SSSR count). The monoisotopic (exact) mass is 284 g/mol. The molecule has 1 amide bonds. The largest absolute Gasteiger partial charge is 0.444 e. The lowest BCUT2D eigenvalue weighted by Crippen LogP contribution is -2.47. The molecule has 0 bridgehead atoms. The van der Waals surface area contributed by atoms with E-state index in [0.717, 1.165) is 0 Å². The third-order valence-corrected chi connectivity index (χ3v) is 2.03. The summed E-state index contributed by atoms with van der Waals surface area (Å²) >= 11 is 0. The lowest BCUT2D eigenvalue weighted by molar-refractivity contribution is -0.158. The first-order valence-corrected chi connectivity index (χ1v) is 6.21. The fourth-order valence-corrected chi connectivity index (χ4v) is 1.38. The Hall–Kier alpha value is -0.980. The second-order valence-electron chi connectivity index (χ2n) is 5.63. The van der Waals surface area contributed by atoms with Crippen LogP contribution in [0.25, 0.3) is 0 Å². The smallest absolute Gasteiger partial charge is 0.407 e. The van der Waals surface area contributed by atoms with Gasteiger partial charge in [0.2, 0.25) is 0 Å². The van der Waals surface area contributed by atoms with Gasteiger partial charge in [-0.05, 0) is 27.2 Å². The second-order valence-corrected chi connectivity index (χ2v) is 5.63. The van der Waals surface area contributed by atoms with Crippen molar-refractivity contribution in [2.24, 2.45) is 0 Å². The fourth-order valence-electron chi connectivity index (χ4n) is 1.38. The molecular formula is C12H23F3N2O2. The normalized spacial score (nSPS) is 14.4. The summed E-state index contributed by atoms with van der Waals surface area (Å²) in [5.41, 5.74) is -0.663. The number of hydrogen-bond acceptors (Lipinski definition) is 3. The number of alkyl carbamates (subject to hydrolysis) is 1. The van der Waals surface area contributed by atoms with Gasteiger partial charge < -0.3 is 15.4 Å². The number of ether oxygens (including phenoxy) is 1. The van der Waals surface area contributed by atoms with Crippen molar-refractivity contribution < 1.29 is 22.7 Å². The van der Waals surface area contributed by atoms with E-state index < -0.39 is 23.9 Å². The van der Waals surface area contributed by atoms with Crippen LogP contribution < -0.4 is 10.6 Å². The molecule has 1 atom stereocenters. The zero-order chi connectivity index (χ0) is 15.3. The highest BCUT2D eigenvalue weighted by Crippen LogP contribution is 2.22. The van der Waals surface area contributed by atoms with Crippen molar-refractivity contribution in [1.29, 1.82) is 0 Å². The molecule has 0 aromatic heterocycles. The lowest BCUT2D eigenvalue weighted by atomic mass is 10.1. The summed E-state index contributed by atoms with van der Waals surface area (Å²) in [6.07, 6.45) is -5.28. The Balaban J connectivity index is 4.17. The van der Waals surface area contributed by atoms with Crippen LogP contribution in [-0.2, 0) is 4.74 Å². The van der Waals surface area contributed by atoms with Gasteiger partial charge in [-0.2, -0.15) is 13.2 Å². The zero-order valence-corrected chi connectivity index (χ0v) is 12.0. The molecule has 0 fully saturated rings. The van der Waals surface area contributed by atoms with Crippen LogP contribution in [-0.4, -0.2) is 36.5 Å². The molecule has 19 heavy (non-hydrogen) atoms. The molecule has 0 aliphatic carbocycles. The number of rotatable bonds is 5. The summed E-state index contributed by atoms with van der Waals surface area (Å²) < 4.78 is 42.9. The predicted octanol–water partition coefficient (Wildman–Crippen LogP) is 2.83. The molecule has 0 aromatic carbocycles. The first-order valence-electron chi connectivity index (χ1n) is 6.21. The standard InChI is InChI=1S/C12H23F3N2O2/c1-8(2)17-9(12(13,14)15)6-7-16-10(18)19-11(3,4)5/h8-9,17H,6-7H2,1-5H3,(H,16,18). The summed E-state index contributed by atoms with van der Waals surface area (Å²) in [6, 6.07) is -1.92. The fraction of sp³-hybridized carbons (Fsp3) is 0.917. The molecule has 4 nitrogen and oxygen atoms in total. The van der Waals surface area contributed by atoms with Gasteiger partial charge in [0.05, 0.1) is 0 Å². The van der Waals surface area contributed by atoms with E-state index in [1.807, 2.05) is 0 Å². The molecule has 0 radical (unpaired) electrons. The summed E-state index contributed by atoms with van der Waals surface area (Å²) in [7, 11) is 0. The number of nitrogens with one attached hydrogen (secondary N) is 2. The molecule has 0 aliphatic heterocycles. The van der Waals surface area contributed by atoms with Gasteiger partial charge in [-0.25, -0.2) is 4.79 Å². The summed E-state index contributed by atoms with van der Waals surface area (Å²) in [6.45, 7) is 8.24. The Morgan fingerprint density at radius 1 is 1.21 bits per heavy atom. The van der Waals surface area contributed by atoms with Crippen LogP contribution in [0.3, 0.4) is 0 Å². The molecule has 1 unspecified atom stereocenters. The maximum absolute atomic E-state index is 12.7. The van der Waals surface area contributed by atoms with Crippen LogP contribution in [0.4, 0.5) is 18.0 Å². The van der Waals surface area contributed by atoms with E-state index in [4.69, 9.17) is 4.74 Å². The highest BCUT2D eigenvalue weighted by molar-refractivity contribution is 5.67. The SMILES string of the molecule is CC(C)NC(CCNC(=O)OC(C)(C)C)C(F)(F)F. The minimum absolute atomic E-state index is 0.0984. The average Bonchev–Trinajstić information content (AvgIpc) is 2.10. The maximum Gasteiger partial charge on any atom is 0.407 e. The van der Waals surface area contributed by atoms with Crippen LogP contribution in [0.2, 0.25) is 0 Å². The highest BCUT2D eigenvalue weighted by Gasteiger charge is 2.39. The van der Waals surface area contributed by atoms with Crippen molar-refractivity contribution in [3.8, 4) is 0 Å². The molecule has 0 spiro atoms. The number of halogens is 3. The molecule has 0 aromatic rings. The first-order chi connectivity index (χ1) is 8.42. The molecule has 7 heteroatoms. The third kappa shape index (κ3) is 9.58. The van der Waals surface area contributed by atoms with E-state index in [9.17, 15) is 18.0 Å². The molecule has 114 valence electrons. The molecule has 0 saturated heterocycles. The molecule has 2 N–H and O–H groups in total. The van der Waals surface area contributed by atoms with E-state index in [2.05, 4.69) is 10.6 Å². The average molecular weight is 284 g/mol. The Morgan fingerprint density at radius 3 is 2.11 bits per heavy atom. The van der Waals surface area contributed by atoms with Gasteiger partial charge in [0, 0.05) is 12.6 Å². The van der Waals surface area contributed by atoms with Crippen LogP contribution >= 0.6 is 0 Å². The van der Waals surface area contributed by atoms with Crippen LogP contribution in [0.1, 0.15) is 41.0 Å². The van der Waals surface area contributed by atoms with Crippen molar-refractivity contribution in [2.75, 3.05) is 6.54 Å². The van der Waals surface area contributed by atoms with E-state index in [1.165, 1.54) is 0 Å². The Bertz CT molecular complexity index is 286. The summed E-state index contributed by atoms with van der Waals surface area (Å²) in [4.78, 5) is 11.3. The minimum atomic E-state index is -4.33. The van der Waals surface area contributed by atoms with Crippen LogP contribution in [0, 0.1) is 0 Å². The van der Waals surface area contributed by atoms with Crippen molar-refractivity contribution in [3.63, 3.8) is 0 Å². The van der Waals surface area contributed by atoms with E-state index in [1.54, 1.807) is 34.6 Å². The van der Waals surface area contributed by atoms with E-state index in [-0.39, 0.29) is 19.0 Å². The topological polar surface area (TPSA) is 50.4 Å². The minimum Gasteiger partial charge on any atom is -0.444 e. The lowest BCUT2D eigenvalue weighted by Gasteiger charge is -2.24. The van der Waals surface area contributed by atoms with Crippen molar-refractivity contribution >= 4 is 6.09 Å². The number of alkyl halides is 3. The van der Waals surface area contributed by atoms with Gasteiger partial charge in [0.1, 0.15) is 11.6 Å². The van der Waals surface area contributed by atoms with Gasteiger partial charge in [0.25, 0.3) is 0 Å². The Labute approximate surface area is 112 Å². The number of carbonyl (C=O) groups excluding carboxylic acids is 1. The van der Waals surface area contributed by atoms with Crippen molar-refractivity contribution in [1.82, 2.24) is 10.6 Å². The van der Waals surface area contributed by atoms with Gasteiger partial charge in [-0.15, -0.1) is 0 Å². The second kappa shape index (κ2) is 6.98. The molecular weight excluding hydrogens is 261 g/mol. The van der Waals surface area contributed by atoms with Gasteiger partial charge in [-0.3, -0.25) is 0 Å². The summed E-state index contributed by atoms with van der Waals surface area (Å²) in [5.74, 6) is 0. The molecule has 0 aliphatic rings. The number of hydrogen-bond donors (Lipinski definition) is 2. The number of carbonyl (C=O) groups is 1. The Kier molecular flexibility index (Phi) is 6.62. The van der Waals surface area contributed by atoms with Gasteiger partial charge in [-0.1, -0.05) is 13.8 Å². The third-order valence-electron chi connectivity index (χ3n) is 2.03. The van der Waals surface area contributed by atoms with Gasteiger partial charge >= 0.3 is 12.3 Å². The predicted molar refractivity (Wildman–Crippen MR) is 67.0 cm³/mol. The van der Waals surface area contributed by atoms with E-state index in [0.29, 0.717) is 0 Å². The molecule has 0 saturated carbocycles. The van der Waals surface area contributed by atoms with Gasteiger partial charge in [0.15, 0.2) is 0 Å². The van der Waals surface area contributed by atoms with E-state index >= 15 is 0 Å². The zero-order valence-electron chi connectivity index (χ0n) is 12.0. The maximum atomic E-state index is 12.7. The van der Waals surface area contributed by atoms with Crippen molar-refractivity contribution in [3.05, 3.63) is 0 Å².